The Balaban J connectivity index is 1.45. The summed E-state index contributed by atoms with van der Waals surface area (Å²) in [5.41, 5.74) is 2.21. The van der Waals surface area contributed by atoms with Crippen LogP contribution >= 0.6 is 11.6 Å². The van der Waals surface area contributed by atoms with Gasteiger partial charge in [0.1, 0.15) is 0 Å². The third-order valence-corrected chi connectivity index (χ3v) is 7.03. The zero-order valence-electron chi connectivity index (χ0n) is 17.3. The van der Waals surface area contributed by atoms with Gasteiger partial charge in [-0.3, -0.25) is 4.79 Å². The molecule has 0 N–H and O–H groups in total. The summed E-state index contributed by atoms with van der Waals surface area (Å²) in [6, 6.07) is 11.3. The third-order valence-electron chi connectivity index (χ3n) is 6.71. The maximum atomic E-state index is 13.2. The second kappa shape index (κ2) is 7.90. The van der Waals surface area contributed by atoms with E-state index < -0.39 is 11.7 Å². The molecule has 1 saturated heterocycles. The van der Waals surface area contributed by atoms with Gasteiger partial charge in [-0.25, -0.2) is 0 Å². The quantitative estimate of drug-likeness (QED) is 0.599. The van der Waals surface area contributed by atoms with E-state index in [2.05, 4.69) is 11.5 Å². The molecule has 1 amide bonds. The molecule has 0 aliphatic carbocycles. The average molecular weight is 449 g/mol. The number of rotatable bonds is 3. The van der Waals surface area contributed by atoms with Crippen molar-refractivity contribution in [1.82, 2.24) is 9.80 Å². The predicted molar refractivity (Wildman–Crippen MR) is 116 cm³/mol. The molecule has 2 aliphatic rings. The fourth-order valence-corrected chi connectivity index (χ4v) is 5.32. The summed E-state index contributed by atoms with van der Waals surface area (Å²) in [6.07, 6.45) is -2.89. The maximum Gasteiger partial charge on any atom is 0.416 e. The smallest absolute Gasteiger partial charge is 0.365 e. The zero-order chi connectivity index (χ0) is 22.4. The minimum absolute atomic E-state index is 0.0555. The van der Waals surface area contributed by atoms with E-state index in [0.29, 0.717) is 31.0 Å². The maximum absolute atomic E-state index is 13.2. The minimum atomic E-state index is -4.42. The summed E-state index contributed by atoms with van der Waals surface area (Å²) in [5, 5.41) is 0.700. The number of alkyl halides is 3. The van der Waals surface area contributed by atoms with Crippen molar-refractivity contribution < 1.29 is 18.0 Å². The van der Waals surface area contributed by atoms with Gasteiger partial charge in [0.2, 0.25) is 5.91 Å². The summed E-state index contributed by atoms with van der Waals surface area (Å²) in [4.78, 5) is 16.7. The molecule has 0 saturated carbocycles. The highest BCUT2D eigenvalue weighted by molar-refractivity contribution is 6.31. The lowest BCUT2D eigenvalue weighted by molar-refractivity contribution is -0.139. The number of benzene rings is 2. The fraction of sp³-hybridized carbons (Fsp3) is 0.375. The molecule has 3 nitrogen and oxygen atoms in total. The van der Waals surface area contributed by atoms with Crippen molar-refractivity contribution in [2.75, 3.05) is 20.1 Å². The van der Waals surface area contributed by atoms with Gasteiger partial charge in [-0.05, 0) is 37.0 Å². The van der Waals surface area contributed by atoms with Crippen LogP contribution in [0.2, 0.25) is 5.02 Å². The topological polar surface area (TPSA) is 23.6 Å². The first-order chi connectivity index (χ1) is 14.6. The molecule has 1 spiro atoms. The highest BCUT2D eigenvalue weighted by Crippen LogP contribution is 2.52. The van der Waals surface area contributed by atoms with Crippen LogP contribution in [0.4, 0.5) is 13.2 Å². The van der Waals surface area contributed by atoms with Gasteiger partial charge in [-0.2, -0.15) is 13.2 Å². The molecule has 0 radical (unpaired) electrons. The highest BCUT2D eigenvalue weighted by Gasteiger charge is 2.48. The Kier molecular flexibility index (Phi) is 5.54. The Morgan fingerprint density at radius 3 is 2.48 bits per heavy atom. The number of amides is 1. The van der Waals surface area contributed by atoms with Crippen LogP contribution in [-0.2, 0) is 22.9 Å². The van der Waals surface area contributed by atoms with Crippen LogP contribution in [-0.4, -0.2) is 35.8 Å². The van der Waals surface area contributed by atoms with Crippen molar-refractivity contribution in [1.29, 1.82) is 0 Å². The lowest BCUT2D eigenvalue weighted by Gasteiger charge is -2.45. The van der Waals surface area contributed by atoms with Crippen molar-refractivity contribution in [3.05, 3.63) is 76.3 Å². The molecule has 0 atom stereocenters. The number of aryl methyl sites for hydroxylation is 1. The summed E-state index contributed by atoms with van der Waals surface area (Å²) in [7, 11) is 2.00. The van der Waals surface area contributed by atoms with Crippen molar-refractivity contribution in [2.45, 2.75) is 37.4 Å². The van der Waals surface area contributed by atoms with E-state index in [1.54, 1.807) is 11.0 Å². The first-order valence-corrected chi connectivity index (χ1v) is 10.7. The minimum Gasteiger partial charge on any atom is -0.365 e. The molecule has 2 aliphatic heterocycles. The molecule has 0 unspecified atom stereocenters. The Hall–Kier alpha value is -2.47. The van der Waals surface area contributed by atoms with Crippen molar-refractivity contribution >= 4 is 23.2 Å². The lowest BCUT2D eigenvalue weighted by atomic mass is 9.80. The second-order valence-corrected chi connectivity index (χ2v) is 8.64. The monoisotopic (exact) mass is 448 g/mol. The van der Waals surface area contributed by atoms with Crippen LogP contribution in [0.25, 0.3) is 5.70 Å². The van der Waals surface area contributed by atoms with E-state index in [9.17, 15) is 18.0 Å². The normalized spacial score (nSPS) is 17.9. The molecular formula is C24H24ClF3N2O. The van der Waals surface area contributed by atoms with Crippen LogP contribution < -0.4 is 0 Å². The van der Waals surface area contributed by atoms with E-state index in [4.69, 9.17) is 11.6 Å². The van der Waals surface area contributed by atoms with Crippen LogP contribution in [0.15, 0.2) is 49.0 Å². The molecule has 2 heterocycles. The number of likely N-dealkylation sites (tertiary alicyclic amines) is 1. The van der Waals surface area contributed by atoms with E-state index in [1.165, 1.54) is 12.1 Å². The molecule has 4 rings (SSSR count). The SMILES string of the molecule is C=C1c2cccc(Cl)c2C2(CCN(C(=O)CCc3ccccc3C(F)(F)F)CC2)N1C. The Bertz CT molecular complexity index is 1030. The summed E-state index contributed by atoms with van der Waals surface area (Å²) in [5.74, 6) is -0.120. The van der Waals surface area contributed by atoms with Crippen LogP contribution in [0.3, 0.4) is 0 Å². The summed E-state index contributed by atoms with van der Waals surface area (Å²) >= 11 is 6.55. The van der Waals surface area contributed by atoms with Crippen molar-refractivity contribution in [3.8, 4) is 0 Å². The predicted octanol–water partition coefficient (Wildman–Crippen LogP) is 5.73. The molecule has 2 aromatic rings. The number of piperidine rings is 1. The third kappa shape index (κ3) is 3.71. The van der Waals surface area contributed by atoms with Gasteiger partial charge in [0.25, 0.3) is 0 Å². The summed E-state index contributed by atoms with van der Waals surface area (Å²) < 4.78 is 39.6. The Morgan fingerprint density at radius 1 is 1.13 bits per heavy atom. The summed E-state index contributed by atoms with van der Waals surface area (Å²) in [6.45, 7) is 5.27. The van der Waals surface area contributed by atoms with Crippen LogP contribution in [0, 0.1) is 0 Å². The average Bonchev–Trinajstić information content (AvgIpc) is 2.95. The number of hydrogen-bond donors (Lipinski definition) is 0. The number of carbonyl (C=O) groups is 1. The first-order valence-electron chi connectivity index (χ1n) is 10.3. The largest absolute Gasteiger partial charge is 0.416 e. The molecule has 1 fully saturated rings. The van der Waals surface area contributed by atoms with E-state index >= 15 is 0 Å². The zero-order valence-corrected chi connectivity index (χ0v) is 18.1. The second-order valence-electron chi connectivity index (χ2n) is 8.24. The van der Waals surface area contributed by atoms with Gasteiger partial charge in [0, 0.05) is 48.4 Å². The molecule has 31 heavy (non-hydrogen) atoms. The van der Waals surface area contributed by atoms with Gasteiger partial charge in [0.05, 0.1) is 11.1 Å². The van der Waals surface area contributed by atoms with Crippen LogP contribution in [0.1, 0.15) is 41.5 Å². The fourth-order valence-electron chi connectivity index (χ4n) is 4.97. The lowest BCUT2D eigenvalue weighted by Crippen LogP contribution is -2.50. The van der Waals surface area contributed by atoms with Gasteiger partial charge >= 0.3 is 6.18 Å². The number of fused-ring (bicyclic) bond motifs is 2. The highest BCUT2D eigenvalue weighted by atomic mass is 35.5. The van der Waals surface area contributed by atoms with E-state index in [-0.39, 0.29) is 29.9 Å². The number of hydrogen-bond acceptors (Lipinski definition) is 2. The van der Waals surface area contributed by atoms with Crippen molar-refractivity contribution in [2.24, 2.45) is 0 Å². The van der Waals surface area contributed by atoms with Gasteiger partial charge in [0.15, 0.2) is 0 Å². The van der Waals surface area contributed by atoms with Crippen LogP contribution in [0.5, 0.6) is 0 Å². The Morgan fingerprint density at radius 2 is 1.81 bits per heavy atom. The van der Waals surface area contributed by atoms with Gasteiger partial charge in [-0.15, -0.1) is 0 Å². The standard InChI is InChI=1S/C24H24ClF3N2O/c1-16-18-7-5-9-20(25)22(18)23(29(16)2)12-14-30(15-13-23)21(31)11-10-17-6-3-4-8-19(17)24(26,27)28/h3-9H,1,10-15H2,2H3. The van der Waals surface area contributed by atoms with E-state index in [0.717, 1.165) is 22.9 Å². The molecule has 2 aromatic carbocycles. The van der Waals surface area contributed by atoms with E-state index in [1.807, 2.05) is 25.2 Å². The van der Waals surface area contributed by atoms with Gasteiger partial charge < -0.3 is 9.80 Å². The number of nitrogens with zero attached hydrogens (tertiary/aromatic N) is 2. The van der Waals surface area contributed by atoms with Gasteiger partial charge in [-0.1, -0.05) is 48.5 Å². The molecule has 7 heteroatoms. The number of carbonyl (C=O) groups excluding carboxylic acids is 1. The molecular weight excluding hydrogens is 425 g/mol. The Labute approximate surface area is 185 Å². The first kappa shape index (κ1) is 21.8. The van der Waals surface area contributed by atoms with Crippen molar-refractivity contribution in [3.63, 3.8) is 0 Å². The molecule has 164 valence electrons. The number of halogens is 4. The molecule has 0 bridgehead atoms. The molecule has 0 aromatic heterocycles.